The van der Waals surface area contributed by atoms with Crippen LogP contribution in [0.2, 0.25) is 0 Å². The van der Waals surface area contributed by atoms with E-state index in [-0.39, 0.29) is 30.5 Å². The van der Waals surface area contributed by atoms with Gasteiger partial charge in [0.1, 0.15) is 5.75 Å². The molecule has 3 N–H and O–H groups in total. The average molecular weight is 304 g/mol. The van der Waals surface area contributed by atoms with Gasteiger partial charge in [-0.25, -0.2) is 0 Å². The highest BCUT2D eigenvalue weighted by Gasteiger charge is 2.25. The molecule has 1 aliphatic heterocycles. The number of hydrogen-bond acceptors (Lipinski definition) is 6. The molecule has 20 heavy (non-hydrogen) atoms. The maximum atomic E-state index is 10.8. The van der Waals surface area contributed by atoms with Crippen LogP contribution in [-0.2, 0) is 0 Å². The Morgan fingerprint density at radius 1 is 1.40 bits per heavy atom. The van der Waals surface area contributed by atoms with Gasteiger partial charge in [-0.15, -0.1) is 12.4 Å². The molecule has 1 aromatic carbocycles. The molecule has 8 heteroatoms. The molecule has 0 saturated carbocycles. The summed E-state index contributed by atoms with van der Waals surface area (Å²) in [5.41, 5.74) is 0.319. The number of aromatic hydroxyl groups is 1. The summed E-state index contributed by atoms with van der Waals surface area (Å²) >= 11 is 0. The minimum atomic E-state index is -0.505. The number of piperazine rings is 1. The number of aliphatic hydroxyl groups excluding tert-OH is 1. The average Bonchev–Trinajstić information content (AvgIpc) is 2.42. The predicted octanol–water partition coefficient (Wildman–Crippen LogP) is 0.661. The number of phenols is 1. The monoisotopic (exact) mass is 303 g/mol. The Bertz CT molecular complexity index is 466. The van der Waals surface area contributed by atoms with Crippen molar-refractivity contribution in [1.82, 2.24) is 10.2 Å². The number of phenolic OH excluding ortho intramolecular Hbond substituents is 1. The summed E-state index contributed by atoms with van der Waals surface area (Å²) in [4.78, 5) is 12.3. The zero-order valence-corrected chi connectivity index (χ0v) is 11.7. The molecular weight excluding hydrogens is 286 g/mol. The molecule has 2 rings (SSSR count). The highest BCUT2D eigenvalue weighted by atomic mass is 35.5. The standard InChI is InChI=1S/C12H17N3O4.ClH/c16-8-11(14-5-3-13-4-6-14)10-7-9(15(18)19)1-2-12(10)17;/h1-2,7,11,13,16-17H,3-6,8H2;1H/t11-;/m1./s1. The normalized spacial score (nSPS) is 17.2. The van der Waals surface area contributed by atoms with Gasteiger partial charge in [-0.1, -0.05) is 0 Å². The van der Waals surface area contributed by atoms with Crippen LogP contribution in [0.5, 0.6) is 5.75 Å². The summed E-state index contributed by atoms with van der Waals surface area (Å²) in [5.74, 6) is -0.0248. The van der Waals surface area contributed by atoms with E-state index in [1.807, 2.05) is 4.90 Å². The smallest absolute Gasteiger partial charge is 0.270 e. The Morgan fingerprint density at radius 3 is 2.60 bits per heavy atom. The number of nitrogens with one attached hydrogen (secondary N) is 1. The molecule has 1 aliphatic rings. The Morgan fingerprint density at radius 2 is 2.05 bits per heavy atom. The van der Waals surface area contributed by atoms with Crippen molar-refractivity contribution in [2.45, 2.75) is 6.04 Å². The highest BCUT2D eigenvalue weighted by Crippen LogP contribution is 2.31. The van der Waals surface area contributed by atoms with Crippen LogP contribution in [-0.4, -0.2) is 52.8 Å². The molecule has 0 aliphatic carbocycles. The molecule has 0 amide bonds. The molecule has 0 aromatic heterocycles. The van der Waals surface area contributed by atoms with Crippen LogP contribution in [0.25, 0.3) is 0 Å². The van der Waals surface area contributed by atoms with Crippen LogP contribution in [0.4, 0.5) is 5.69 Å². The van der Waals surface area contributed by atoms with E-state index in [1.54, 1.807) is 0 Å². The van der Waals surface area contributed by atoms with E-state index in [2.05, 4.69) is 5.32 Å². The molecule has 0 unspecified atom stereocenters. The van der Waals surface area contributed by atoms with Gasteiger partial charge in [-0.3, -0.25) is 15.0 Å². The molecule has 1 heterocycles. The maximum Gasteiger partial charge on any atom is 0.270 e. The second kappa shape index (κ2) is 7.39. The minimum absolute atomic E-state index is 0. The van der Waals surface area contributed by atoms with Gasteiger partial charge in [0.05, 0.1) is 17.6 Å². The molecule has 7 nitrogen and oxygen atoms in total. The highest BCUT2D eigenvalue weighted by molar-refractivity contribution is 5.85. The van der Waals surface area contributed by atoms with Crippen molar-refractivity contribution in [1.29, 1.82) is 0 Å². The largest absolute Gasteiger partial charge is 0.508 e. The van der Waals surface area contributed by atoms with Gasteiger partial charge in [-0.05, 0) is 6.07 Å². The molecule has 1 fully saturated rings. The number of nitro groups is 1. The van der Waals surface area contributed by atoms with Crippen LogP contribution in [0.3, 0.4) is 0 Å². The summed E-state index contributed by atoms with van der Waals surface area (Å²) < 4.78 is 0. The van der Waals surface area contributed by atoms with Crippen molar-refractivity contribution < 1.29 is 15.1 Å². The molecule has 0 bridgehead atoms. The van der Waals surface area contributed by atoms with Crippen molar-refractivity contribution in [3.63, 3.8) is 0 Å². The lowest BCUT2D eigenvalue weighted by Crippen LogP contribution is -2.46. The second-order valence-electron chi connectivity index (χ2n) is 4.48. The lowest BCUT2D eigenvalue weighted by molar-refractivity contribution is -0.385. The number of halogens is 1. The fourth-order valence-corrected chi connectivity index (χ4v) is 2.33. The maximum absolute atomic E-state index is 10.8. The second-order valence-corrected chi connectivity index (χ2v) is 4.48. The fourth-order valence-electron chi connectivity index (χ4n) is 2.33. The molecule has 1 saturated heterocycles. The number of benzene rings is 1. The van der Waals surface area contributed by atoms with Crippen molar-refractivity contribution in [2.75, 3.05) is 32.8 Å². The van der Waals surface area contributed by atoms with E-state index in [4.69, 9.17) is 0 Å². The molecule has 1 aromatic rings. The van der Waals surface area contributed by atoms with E-state index >= 15 is 0 Å². The van der Waals surface area contributed by atoms with Crippen LogP contribution >= 0.6 is 12.4 Å². The Balaban J connectivity index is 0.00000200. The third-order valence-corrected chi connectivity index (χ3v) is 3.35. The third-order valence-electron chi connectivity index (χ3n) is 3.35. The van der Waals surface area contributed by atoms with E-state index in [9.17, 15) is 20.3 Å². The summed E-state index contributed by atoms with van der Waals surface area (Å²) in [6.45, 7) is 2.87. The number of aliphatic hydroxyl groups is 1. The summed E-state index contributed by atoms with van der Waals surface area (Å²) in [6.07, 6.45) is 0. The first-order valence-corrected chi connectivity index (χ1v) is 6.16. The lowest BCUT2D eigenvalue weighted by Gasteiger charge is -2.34. The topological polar surface area (TPSA) is 98.9 Å². The number of non-ortho nitro benzene ring substituents is 1. The van der Waals surface area contributed by atoms with E-state index in [1.165, 1.54) is 18.2 Å². The molecule has 0 spiro atoms. The quantitative estimate of drug-likeness (QED) is 0.558. The van der Waals surface area contributed by atoms with Crippen molar-refractivity contribution in [3.05, 3.63) is 33.9 Å². The van der Waals surface area contributed by atoms with Gasteiger partial charge in [0.25, 0.3) is 5.69 Å². The SMILES string of the molecule is Cl.O=[N+]([O-])c1ccc(O)c([C@@H](CO)N2CCNCC2)c1. The number of nitrogens with zero attached hydrogens (tertiary/aromatic N) is 2. The Labute approximate surface area is 122 Å². The Hall–Kier alpha value is -1.41. The first-order valence-electron chi connectivity index (χ1n) is 6.16. The van der Waals surface area contributed by atoms with Crippen LogP contribution in [0.15, 0.2) is 18.2 Å². The van der Waals surface area contributed by atoms with Gasteiger partial charge >= 0.3 is 0 Å². The van der Waals surface area contributed by atoms with Crippen molar-refractivity contribution in [3.8, 4) is 5.75 Å². The number of rotatable bonds is 4. The number of hydrogen-bond donors (Lipinski definition) is 3. The van der Waals surface area contributed by atoms with Gasteiger partial charge in [0.2, 0.25) is 0 Å². The first-order chi connectivity index (χ1) is 9.13. The summed E-state index contributed by atoms with van der Waals surface area (Å²) in [7, 11) is 0. The van der Waals surface area contributed by atoms with Crippen LogP contribution in [0, 0.1) is 10.1 Å². The van der Waals surface area contributed by atoms with Crippen molar-refractivity contribution >= 4 is 18.1 Å². The van der Waals surface area contributed by atoms with Gasteiger partial charge in [0.15, 0.2) is 0 Å². The molecule has 0 radical (unpaired) electrons. The van der Waals surface area contributed by atoms with E-state index in [0.29, 0.717) is 5.56 Å². The number of nitro benzene ring substituents is 1. The first kappa shape index (κ1) is 16.6. The molecular formula is C12H18ClN3O4. The van der Waals surface area contributed by atoms with Crippen molar-refractivity contribution in [2.24, 2.45) is 0 Å². The lowest BCUT2D eigenvalue weighted by atomic mass is 10.0. The minimum Gasteiger partial charge on any atom is -0.508 e. The summed E-state index contributed by atoms with van der Waals surface area (Å²) in [5, 5.41) is 33.4. The fraction of sp³-hybridized carbons (Fsp3) is 0.500. The van der Waals surface area contributed by atoms with Gasteiger partial charge in [0, 0.05) is 43.9 Å². The predicted molar refractivity (Wildman–Crippen MR) is 76.3 cm³/mol. The molecule has 112 valence electrons. The van der Waals surface area contributed by atoms with Gasteiger partial charge in [-0.2, -0.15) is 0 Å². The third kappa shape index (κ3) is 3.57. The van der Waals surface area contributed by atoms with Crippen LogP contribution in [0.1, 0.15) is 11.6 Å². The zero-order chi connectivity index (χ0) is 13.8. The van der Waals surface area contributed by atoms with Gasteiger partial charge < -0.3 is 15.5 Å². The zero-order valence-electron chi connectivity index (χ0n) is 10.9. The van der Waals surface area contributed by atoms with E-state index in [0.717, 1.165) is 26.2 Å². The Kier molecular flexibility index (Phi) is 6.15. The van der Waals surface area contributed by atoms with Crippen LogP contribution < -0.4 is 5.32 Å². The summed E-state index contributed by atoms with van der Waals surface area (Å²) in [6, 6.07) is 3.48. The van der Waals surface area contributed by atoms with E-state index < -0.39 is 11.0 Å². The molecule has 1 atom stereocenters.